The maximum Gasteiger partial charge on any atom is 0.293 e. The first kappa shape index (κ1) is 24.4. The predicted octanol–water partition coefficient (Wildman–Crippen LogP) is 4.96. The summed E-state index contributed by atoms with van der Waals surface area (Å²) in [7, 11) is 0. The fourth-order valence-electron chi connectivity index (χ4n) is 2.82. The van der Waals surface area contributed by atoms with Gasteiger partial charge < -0.3 is 9.15 Å². The Morgan fingerprint density at radius 3 is 2.77 bits per heavy atom. The standard InChI is InChI=1S/C23H17Cl2N5O4S/c24-16-7-8-18(34-13-14-4-1-2-5-17(14)25)15(10-16)12-26-28-20(31)11-21-29-30-23(35-21)27-22(32)19-6-3-9-33-19/h1-10,12H,11,13H2,(H,28,31)(H,27,30,32)/b26-12-. The first-order valence-corrected chi connectivity index (χ1v) is 11.7. The molecule has 0 bridgehead atoms. The van der Waals surface area contributed by atoms with Gasteiger partial charge in [-0.1, -0.05) is 52.7 Å². The molecule has 0 saturated heterocycles. The average molecular weight is 530 g/mol. The van der Waals surface area contributed by atoms with Crippen LogP contribution >= 0.6 is 34.5 Å². The number of halogens is 2. The van der Waals surface area contributed by atoms with Crippen LogP contribution in [0.3, 0.4) is 0 Å². The lowest BCUT2D eigenvalue weighted by molar-refractivity contribution is -0.120. The van der Waals surface area contributed by atoms with Crippen LogP contribution in [0.25, 0.3) is 0 Å². The van der Waals surface area contributed by atoms with Crippen molar-refractivity contribution < 1.29 is 18.7 Å². The zero-order valence-electron chi connectivity index (χ0n) is 17.9. The van der Waals surface area contributed by atoms with Crippen molar-refractivity contribution in [2.45, 2.75) is 13.0 Å². The molecule has 0 atom stereocenters. The molecule has 0 unspecified atom stereocenters. The lowest BCUT2D eigenvalue weighted by Crippen LogP contribution is -2.19. The largest absolute Gasteiger partial charge is 0.488 e. The maximum atomic E-state index is 12.3. The molecule has 4 aromatic rings. The van der Waals surface area contributed by atoms with Crippen LogP contribution in [-0.2, 0) is 17.8 Å². The van der Waals surface area contributed by atoms with Crippen LogP contribution < -0.4 is 15.5 Å². The Bertz CT molecular complexity index is 1360. The minimum absolute atomic E-state index is 0.0724. The number of anilines is 1. The first-order valence-electron chi connectivity index (χ1n) is 10.1. The number of rotatable bonds is 9. The van der Waals surface area contributed by atoms with Crippen molar-refractivity contribution in [3.63, 3.8) is 0 Å². The molecule has 12 heteroatoms. The fraction of sp³-hybridized carbons (Fsp3) is 0.0870. The summed E-state index contributed by atoms with van der Waals surface area (Å²) in [6.07, 6.45) is 2.75. The summed E-state index contributed by atoms with van der Waals surface area (Å²) in [6, 6.07) is 15.6. The molecule has 2 aromatic carbocycles. The number of carbonyl (C=O) groups excluding carboxylic acids is 2. The molecule has 0 fully saturated rings. The molecule has 2 heterocycles. The van der Waals surface area contributed by atoms with E-state index in [1.807, 2.05) is 18.2 Å². The van der Waals surface area contributed by atoms with E-state index in [1.54, 1.807) is 30.3 Å². The second kappa shape index (κ2) is 11.6. The molecule has 0 saturated carbocycles. The van der Waals surface area contributed by atoms with Crippen molar-refractivity contribution in [3.05, 3.63) is 92.8 Å². The van der Waals surface area contributed by atoms with Crippen molar-refractivity contribution in [2.75, 3.05) is 5.32 Å². The van der Waals surface area contributed by atoms with Gasteiger partial charge in [0.2, 0.25) is 11.0 Å². The smallest absolute Gasteiger partial charge is 0.293 e. The van der Waals surface area contributed by atoms with E-state index >= 15 is 0 Å². The number of aromatic nitrogens is 2. The summed E-state index contributed by atoms with van der Waals surface area (Å²) >= 11 is 13.4. The molecule has 0 radical (unpaired) electrons. The second-order valence-electron chi connectivity index (χ2n) is 6.96. The Hall–Kier alpha value is -3.73. The molecule has 2 aromatic heterocycles. The molecule has 2 amide bonds. The molecule has 0 aliphatic carbocycles. The molecule has 2 N–H and O–H groups in total. The SMILES string of the molecule is O=C(Cc1nnc(NC(=O)c2ccco2)s1)N/N=C\c1cc(Cl)ccc1OCc1ccccc1Cl. The number of nitrogens with one attached hydrogen (secondary N) is 2. The Kier molecular flexibility index (Phi) is 8.09. The Morgan fingerprint density at radius 2 is 1.97 bits per heavy atom. The van der Waals surface area contributed by atoms with Gasteiger partial charge in [-0.15, -0.1) is 10.2 Å². The molecular formula is C23H17Cl2N5O4S. The van der Waals surface area contributed by atoms with E-state index in [0.29, 0.717) is 26.4 Å². The number of ether oxygens (including phenoxy) is 1. The van der Waals surface area contributed by atoms with Crippen LogP contribution in [-0.4, -0.2) is 28.2 Å². The van der Waals surface area contributed by atoms with E-state index < -0.39 is 11.8 Å². The quantitative estimate of drug-likeness (QED) is 0.233. The van der Waals surface area contributed by atoms with E-state index in [1.165, 1.54) is 18.5 Å². The lowest BCUT2D eigenvalue weighted by atomic mass is 10.2. The Morgan fingerprint density at radius 1 is 1.11 bits per heavy atom. The van der Waals surface area contributed by atoms with Crippen LogP contribution in [0.5, 0.6) is 5.75 Å². The van der Waals surface area contributed by atoms with Gasteiger partial charge in [-0.3, -0.25) is 14.9 Å². The third-order valence-electron chi connectivity index (χ3n) is 4.45. The minimum atomic E-state index is -0.458. The molecule has 0 aliphatic heterocycles. The third-order valence-corrected chi connectivity index (χ3v) is 5.89. The van der Waals surface area contributed by atoms with Crippen LogP contribution in [0.15, 0.2) is 70.4 Å². The summed E-state index contributed by atoms with van der Waals surface area (Å²) in [5, 5.41) is 16.0. The summed E-state index contributed by atoms with van der Waals surface area (Å²) in [5.41, 5.74) is 3.83. The van der Waals surface area contributed by atoms with E-state index in [9.17, 15) is 9.59 Å². The van der Waals surface area contributed by atoms with Gasteiger partial charge in [0, 0.05) is 21.2 Å². The number of hydrogen-bond donors (Lipinski definition) is 2. The highest BCUT2D eigenvalue weighted by Crippen LogP contribution is 2.24. The molecular weight excluding hydrogens is 513 g/mol. The molecule has 0 spiro atoms. The predicted molar refractivity (Wildman–Crippen MR) is 133 cm³/mol. The van der Waals surface area contributed by atoms with Gasteiger partial charge in [-0.25, -0.2) is 5.43 Å². The third kappa shape index (κ3) is 6.89. The van der Waals surface area contributed by atoms with E-state index in [4.69, 9.17) is 32.4 Å². The Labute approximate surface area is 213 Å². The van der Waals surface area contributed by atoms with E-state index in [-0.39, 0.29) is 23.9 Å². The zero-order valence-corrected chi connectivity index (χ0v) is 20.2. The summed E-state index contributed by atoms with van der Waals surface area (Å²) < 4.78 is 10.9. The maximum absolute atomic E-state index is 12.3. The Balaban J connectivity index is 1.32. The van der Waals surface area contributed by atoms with Gasteiger partial charge in [0.15, 0.2) is 5.76 Å². The molecule has 0 aliphatic rings. The summed E-state index contributed by atoms with van der Waals surface area (Å²) in [5.74, 6) is -0.207. The highest BCUT2D eigenvalue weighted by Gasteiger charge is 2.14. The molecule has 35 heavy (non-hydrogen) atoms. The first-order chi connectivity index (χ1) is 17.0. The van der Waals surface area contributed by atoms with Crippen LogP contribution in [0, 0.1) is 0 Å². The highest BCUT2D eigenvalue weighted by molar-refractivity contribution is 7.15. The molecule has 178 valence electrons. The van der Waals surface area contributed by atoms with Crippen LogP contribution in [0.4, 0.5) is 5.13 Å². The van der Waals surface area contributed by atoms with Crippen LogP contribution in [0.2, 0.25) is 10.0 Å². The van der Waals surface area contributed by atoms with Crippen molar-refractivity contribution in [2.24, 2.45) is 5.10 Å². The molecule has 4 rings (SSSR count). The van der Waals surface area contributed by atoms with Gasteiger partial charge >= 0.3 is 0 Å². The fourth-order valence-corrected chi connectivity index (χ4v) is 3.92. The normalized spacial score (nSPS) is 10.9. The van der Waals surface area contributed by atoms with Crippen molar-refractivity contribution >= 4 is 57.7 Å². The van der Waals surface area contributed by atoms with Crippen molar-refractivity contribution in [1.82, 2.24) is 15.6 Å². The van der Waals surface area contributed by atoms with Gasteiger partial charge in [-0.2, -0.15) is 5.10 Å². The highest BCUT2D eigenvalue weighted by atomic mass is 35.5. The number of hydrogen-bond acceptors (Lipinski definition) is 8. The zero-order chi connectivity index (χ0) is 24.6. The number of furan rings is 1. The number of nitrogens with zero attached hydrogens (tertiary/aromatic N) is 3. The summed E-state index contributed by atoms with van der Waals surface area (Å²) in [6.45, 7) is 0.254. The van der Waals surface area contributed by atoms with Gasteiger partial charge in [0.25, 0.3) is 5.91 Å². The monoisotopic (exact) mass is 529 g/mol. The van der Waals surface area contributed by atoms with E-state index in [0.717, 1.165) is 16.9 Å². The van der Waals surface area contributed by atoms with Gasteiger partial charge in [-0.05, 0) is 36.4 Å². The molecule has 9 nitrogen and oxygen atoms in total. The van der Waals surface area contributed by atoms with E-state index in [2.05, 4.69) is 26.0 Å². The van der Waals surface area contributed by atoms with Gasteiger partial charge in [0.05, 0.1) is 18.9 Å². The number of benzene rings is 2. The van der Waals surface area contributed by atoms with Gasteiger partial charge in [0.1, 0.15) is 17.4 Å². The van der Waals surface area contributed by atoms with Crippen molar-refractivity contribution in [3.8, 4) is 5.75 Å². The second-order valence-corrected chi connectivity index (χ2v) is 8.87. The topological polar surface area (TPSA) is 119 Å². The lowest BCUT2D eigenvalue weighted by Gasteiger charge is -2.10. The van der Waals surface area contributed by atoms with Crippen molar-refractivity contribution in [1.29, 1.82) is 0 Å². The average Bonchev–Trinajstić information content (AvgIpc) is 3.52. The number of carbonyl (C=O) groups is 2. The number of amides is 2. The number of hydrazone groups is 1. The summed E-state index contributed by atoms with van der Waals surface area (Å²) in [4.78, 5) is 24.2. The van der Waals surface area contributed by atoms with Crippen LogP contribution in [0.1, 0.15) is 26.7 Å². The minimum Gasteiger partial charge on any atom is -0.488 e.